The van der Waals surface area contributed by atoms with Crippen LogP contribution in [0.25, 0.3) is 0 Å². The van der Waals surface area contributed by atoms with Gasteiger partial charge in [0.25, 0.3) is 0 Å². The van der Waals surface area contributed by atoms with Crippen LogP contribution in [0.4, 0.5) is 0 Å². The molecular formula is C30H36O2Zr. The second-order valence-corrected chi connectivity index (χ2v) is 16.8. The molecule has 0 aromatic heterocycles. The molecular weight excluding hydrogens is 484 g/mol. The van der Waals surface area contributed by atoms with Crippen LogP contribution in [0.3, 0.4) is 0 Å². The molecule has 2 nitrogen and oxygen atoms in total. The van der Waals surface area contributed by atoms with Gasteiger partial charge in [0.05, 0.1) is 0 Å². The summed E-state index contributed by atoms with van der Waals surface area (Å²) in [5.74, 6) is 2.69. The molecule has 0 amide bonds. The first-order valence-electron chi connectivity index (χ1n) is 12.1. The van der Waals surface area contributed by atoms with Crippen LogP contribution in [0.1, 0.15) is 51.7 Å². The molecule has 2 aliphatic rings. The molecule has 0 heterocycles. The predicted octanol–water partition coefficient (Wildman–Crippen LogP) is 8.49. The maximum absolute atomic E-state index is 7.25. The van der Waals surface area contributed by atoms with Crippen molar-refractivity contribution in [2.24, 2.45) is 11.8 Å². The zero-order chi connectivity index (χ0) is 23.6. The van der Waals surface area contributed by atoms with Crippen molar-refractivity contribution in [1.82, 2.24) is 0 Å². The summed E-state index contributed by atoms with van der Waals surface area (Å²) in [5, 5.41) is 0. The molecule has 172 valence electrons. The molecule has 2 aromatic carbocycles. The van der Waals surface area contributed by atoms with E-state index in [0.29, 0.717) is 11.8 Å². The number of hydrogen-bond donors (Lipinski definition) is 0. The van der Waals surface area contributed by atoms with Crippen LogP contribution >= 0.6 is 0 Å². The van der Waals surface area contributed by atoms with E-state index in [9.17, 15) is 0 Å². The summed E-state index contributed by atoms with van der Waals surface area (Å²) in [7, 11) is 0. The summed E-state index contributed by atoms with van der Waals surface area (Å²) in [6.07, 6.45) is 11.0. The molecule has 0 N–H and O–H groups in total. The van der Waals surface area contributed by atoms with Crippen LogP contribution in [0.2, 0.25) is 0 Å². The first kappa shape index (κ1) is 24.0. The van der Waals surface area contributed by atoms with E-state index in [0.717, 1.165) is 24.3 Å². The van der Waals surface area contributed by atoms with Gasteiger partial charge < -0.3 is 0 Å². The van der Waals surface area contributed by atoms with Gasteiger partial charge in [-0.15, -0.1) is 0 Å². The Kier molecular flexibility index (Phi) is 7.29. The molecule has 0 spiro atoms. The number of hydrogen-bond acceptors (Lipinski definition) is 2. The van der Waals surface area contributed by atoms with E-state index in [4.69, 9.17) is 5.63 Å². The van der Waals surface area contributed by atoms with Crippen molar-refractivity contribution in [1.29, 1.82) is 0 Å². The molecule has 0 saturated carbocycles. The van der Waals surface area contributed by atoms with Crippen molar-refractivity contribution in [2.45, 2.75) is 54.4 Å². The fraction of sp³-hybridized carbons (Fsp3) is 0.333. The van der Waals surface area contributed by atoms with Gasteiger partial charge in [-0.3, -0.25) is 0 Å². The summed E-state index contributed by atoms with van der Waals surface area (Å²) < 4.78 is 17.3. The Morgan fingerprint density at radius 3 is 1.45 bits per heavy atom. The third-order valence-corrected chi connectivity index (χ3v) is 15.4. The van der Waals surface area contributed by atoms with Gasteiger partial charge in [0.15, 0.2) is 0 Å². The predicted molar refractivity (Wildman–Crippen MR) is 135 cm³/mol. The van der Waals surface area contributed by atoms with Crippen LogP contribution in [0, 0.1) is 25.7 Å². The molecule has 2 aromatic rings. The number of aryl methyl sites for hydroxylation is 2. The van der Waals surface area contributed by atoms with Crippen LogP contribution in [-0.4, -0.2) is 0 Å². The van der Waals surface area contributed by atoms with E-state index in [2.05, 4.69) is 114 Å². The first-order valence-corrected chi connectivity index (χ1v) is 16.6. The van der Waals surface area contributed by atoms with E-state index in [1.165, 1.54) is 28.8 Å². The number of benzene rings is 2. The summed E-state index contributed by atoms with van der Waals surface area (Å²) in [6.45, 7) is 13.4. The van der Waals surface area contributed by atoms with Crippen molar-refractivity contribution < 1.29 is 26.8 Å². The molecule has 3 heteroatoms. The summed E-state index contributed by atoms with van der Waals surface area (Å²) >= 11 is -4.13. The maximum atomic E-state index is 7.25. The second kappa shape index (κ2) is 10.0. The van der Waals surface area contributed by atoms with E-state index in [1.807, 2.05) is 0 Å². The Labute approximate surface area is 205 Å². The van der Waals surface area contributed by atoms with Gasteiger partial charge in [0.2, 0.25) is 0 Å². The van der Waals surface area contributed by atoms with Crippen LogP contribution < -0.4 is 5.63 Å². The number of rotatable bonds is 8. The van der Waals surface area contributed by atoms with Crippen LogP contribution in [0.15, 0.2) is 90.5 Å². The SMILES string of the molecule is Cc1cccc([O][Zr]([O]c2cccc(C)c2)([C]2=C(C(C)C)C=CC2)[C]2=C(C(C)C)C=CC2)c1. The number of allylic oxidation sites excluding steroid dienone is 8. The average Bonchev–Trinajstić information content (AvgIpc) is 3.44. The van der Waals surface area contributed by atoms with Gasteiger partial charge in [-0.05, 0) is 0 Å². The Morgan fingerprint density at radius 1 is 0.667 bits per heavy atom. The zero-order valence-corrected chi connectivity index (χ0v) is 23.3. The molecule has 33 heavy (non-hydrogen) atoms. The Hall–Kier alpha value is -2.12. The van der Waals surface area contributed by atoms with Gasteiger partial charge in [-0.2, -0.15) is 0 Å². The Balaban J connectivity index is 1.98. The van der Waals surface area contributed by atoms with E-state index >= 15 is 0 Å². The fourth-order valence-electron chi connectivity index (χ4n) is 4.91. The van der Waals surface area contributed by atoms with Gasteiger partial charge >= 0.3 is 206 Å². The van der Waals surface area contributed by atoms with E-state index < -0.39 is 21.1 Å². The minimum atomic E-state index is -4.13. The van der Waals surface area contributed by atoms with Crippen LogP contribution in [0.5, 0.6) is 11.5 Å². The van der Waals surface area contributed by atoms with Gasteiger partial charge in [-0.1, -0.05) is 0 Å². The van der Waals surface area contributed by atoms with Crippen molar-refractivity contribution in [3.8, 4) is 11.5 Å². The molecule has 0 aliphatic heterocycles. The Morgan fingerprint density at radius 2 is 1.09 bits per heavy atom. The summed E-state index contributed by atoms with van der Waals surface area (Å²) in [6, 6.07) is 16.9. The van der Waals surface area contributed by atoms with Crippen molar-refractivity contribution >= 4 is 0 Å². The third kappa shape index (κ3) is 5.04. The fourth-order valence-corrected chi connectivity index (χ4v) is 15.0. The zero-order valence-electron chi connectivity index (χ0n) is 20.8. The van der Waals surface area contributed by atoms with Crippen molar-refractivity contribution in [3.05, 3.63) is 102 Å². The molecule has 0 radical (unpaired) electrons. The van der Waals surface area contributed by atoms with Gasteiger partial charge in [0.1, 0.15) is 0 Å². The molecule has 4 rings (SSSR count). The molecule has 0 saturated heterocycles. The summed E-state index contributed by atoms with van der Waals surface area (Å²) in [5.41, 5.74) is 5.20. The standard InChI is InChI=1S/2C8H11.2C7H8O.Zr/c2*1-7(2)8-5-3-4-6-8;2*1-6-3-2-4-7(8)5-6;/h2*3,5,7H,4H2,1-2H3;2*2-5,8H,1H3;/q;;;;+2/p-2. The third-order valence-electron chi connectivity index (χ3n) is 6.48. The normalized spacial score (nSPS) is 16.0. The molecule has 2 aliphatic carbocycles. The molecule has 0 atom stereocenters. The second-order valence-electron chi connectivity index (χ2n) is 9.84. The topological polar surface area (TPSA) is 18.5 Å². The Bertz CT molecular complexity index is 1060. The quantitative estimate of drug-likeness (QED) is 0.348. The molecule has 0 unspecified atom stereocenters. The summed E-state index contributed by atoms with van der Waals surface area (Å²) in [4.78, 5) is 0. The monoisotopic (exact) mass is 518 g/mol. The molecule has 0 bridgehead atoms. The van der Waals surface area contributed by atoms with Crippen molar-refractivity contribution in [3.63, 3.8) is 0 Å². The van der Waals surface area contributed by atoms with Gasteiger partial charge in [0, 0.05) is 0 Å². The minimum absolute atomic E-state index is 0.425. The molecule has 0 fully saturated rings. The van der Waals surface area contributed by atoms with E-state index in [1.54, 1.807) is 0 Å². The first-order chi connectivity index (χ1) is 15.8. The van der Waals surface area contributed by atoms with Crippen LogP contribution in [-0.2, 0) is 21.1 Å². The van der Waals surface area contributed by atoms with E-state index in [-0.39, 0.29) is 0 Å². The van der Waals surface area contributed by atoms with Gasteiger partial charge in [-0.25, -0.2) is 0 Å². The average molecular weight is 520 g/mol. The van der Waals surface area contributed by atoms with Crippen molar-refractivity contribution in [2.75, 3.05) is 0 Å².